The van der Waals surface area contributed by atoms with Gasteiger partial charge in [0.25, 0.3) is 10.7 Å². The normalized spacial score (nSPS) is 25.5. The van der Waals surface area contributed by atoms with Gasteiger partial charge in [-0.05, 0) is 20.8 Å². The van der Waals surface area contributed by atoms with Crippen LogP contribution in [0.15, 0.2) is 15.8 Å². The number of carbonyl (C=O) groups is 2. The highest BCUT2D eigenvalue weighted by atomic mass is 35.5. The van der Waals surface area contributed by atoms with E-state index in [1.807, 2.05) is 0 Å². The maximum absolute atomic E-state index is 15.2. The third-order valence-electron chi connectivity index (χ3n) is 5.21. The van der Waals surface area contributed by atoms with Crippen LogP contribution in [0.25, 0.3) is 0 Å². The summed E-state index contributed by atoms with van der Waals surface area (Å²) in [6, 6.07) is -1.21. The van der Waals surface area contributed by atoms with Crippen LogP contribution < -0.4 is 16.3 Å². The minimum Gasteiger partial charge on any atom is -0.462 e. The van der Waals surface area contributed by atoms with Crippen molar-refractivity contribution in [2.75, 3.05) is 19.0 Å². The predicted octanol–water partition coefficient (Wildman–Crippen LogP) is 2.22. The van der Waals surface area contributed by atoms with Crippen molar-refractivity contribution in [2.24, 2.45) is 5.41 Å². The highest BCUT2D eigenvalue weighted by Gasteiger charge is 2.58. The van der Waals surface area contributed by atoms with Crippen LogP contribution in [0.3, 0.4) is 0 Å². The number of aromatic nitrogens is 2. The summed E-state index contributed by atoms with van der Waals surface area (Å²) in [5.41, 5.74) is -3.28. The molecule has 1 aliphatic heterocycles. The molecule has 18 heteroatoms. The van der Waals surface area contributed by atoms with Gasteiger partial charge in [0.15, 0.2) is 11.3 Å². The van der Waals surface area contributed by atoms with Gasteiger partial charge >= 0.3 is 19.4 Å². The van der Waals surface area contributed by atoms with E-state index in [0.717, 1.165) is 11.8 Å². The van der Waals surface area contributed by atoms with E-state index in [0.29, 0.717) is 10.8 Å². The molecular formula is C22H33ClF2N3O10PS. The third kappa shape index (κ3) is 8.92. The van der Waals surface area contributed by atoms with Crippen molar-refractivity contribution < 1.29 is 46.6 Å². The Kier molecular flexibility index (Phi) is 11.7. The Hall–Kier alpha value is -1.65. The van der Waals surface area contributed by atoms with E-state index in [1.54, 1.807) is 39.6 Å². The van der Waals surface area contributed by atoms with Crippen molar-refractivity contribution >= 4 is 42.2 Å². The Morgan fingerprint density at radius 3 is 2.52 bits per heavy atom. The Balaban J connectivity index is 2.19. The summed E-state index contributed by atoms with van der Waals surface area (Å²) < 4.78 is 63.8. The zero-order valence-electron chi connectivity index (χ0n) is 22.6. The number of thioether (sulfide) groups is 1. The van der Waals surface area contributed by atoms with Gasteiger partial charge in [0.1, 0.15) is 18.2 Å². The van der Waals surface area contributed by atoms with Gasteiger partial charge in [-0.2, -0.15) is 4.39 Å². The van der Waals surface area contributed by atoms with Gasteiger partial charge in [-0.25, -0.2) is 18.8 Å². The fourth-order valence-electron chi connectivity index (χ4n) is 3.16. The lowest BCUT2D eigenvalue weighted by Crippen LogP contribution is -2.42. The molecule has 1 aromatic rings. The maximum Gasteiger partial charge on any atom is 0.406 e. The lowest BCUT2D eigenvalue weighted by molar-refractivity contribution is -0.149. The number of nitrogens with one attached hydrogen (secondary N) is 2. The third-order valence-corrected chi connectivity index (χ3v) is 8.58. The SMILES string of the molecule is CC(C)OC(=O)C(C)NP(=O)(OCCSC(=O)C(C)(C)C)OCC1OC(n2cc(F)c(=O)[nH]c2=O)C(F)(Cl)C1O. The van der Waals surface area contributed by atoms with Crippen LogP contribution in [0.2, 0.25) is 0 Å². The first-order chi connectivity index (χ1) is 18.3. The summed E-state index contributed by atoms with van der Waals surface area (Å²) in [5, 5.41) is 9.43. The van der Waals surface area contributed by atoms with Crippen molar-refractivity contribution in [2.45, 2.75) is 77.3 Å². The highest BCUT2D eigenvalue weighted by molar-refractivity contribution is 8.13. The molecule has 1 saturated heterocycles. The van der Waals surface area contributed by atoms with Gasteiger partial charge < -0.3 is 14.6 Å². The molecule has 6 atom stereocenters. The van der Waals surface area contributed by atoms with Gasteiger partial charge in [-0.1, -0.05) is 44.1 Å². The minimum absolute atomic E-state index is 0.0660. The van der Waals surface area contributed by atoms with E-state index in [1.165, 1.54) is 6.92 Å². The van der Waals surface area contributed by atoms with Crippen LogP contribution in [0.4, 0.5) is 8.78 Å². The van der Waals surface area contributed by atoms with Gasteiger partial charge in [0.05, 0.1) is 25.5 Å². The average Bonchev–Trinajstić information content (AvgIpc) is 3.05. The summed E-state index contributed by atoms with van der Waals surface area (Å²) in [7, 11) is -4.42. The molecule has 0 aromatic carbocycles. The smallest absolute Gasteiger partial charge is 0.406 e. The first kappa shape index (κ1) is 34.6. The number of esters is 1. The van der Waals surface area contributed by atoms with Crippen molar-refractivity contribution in [3.63, 3.8) is 0 Å². The number of halogens is 3. The fourth-order valence-corrected chi connectivity index (χ4v) is 5.84. The number of carbonyl (C=O) groups excluding carboxylic acids is 2. The molecule has 3 N–H and O–H groups in total. The molecule has 1 aromatic heterocycles. The Bertz CT molecular complexity index is 1240. The molecule has 0 radical (unpaired) electrons. The van der Waals surface area contributed by atoms with Crippen molar-refractivity contribution in [3.05, 3.63) is 32.9 Å². The fraction of sp³-hybridized carbons (Fsp3) is 0.727. The molecule has 6 unspecified atom stereocenters. The molecule has 0 bridgehead atoms. The topological polar surface area (TPSA) is 175 Å². The largest absolute Gasteiger partial charge is 0.462 e. The first-order valence-electron chi connectivity index (χ1n) is 12.1. The van der Waals surface area contributed by atoms with Crippen LogP contribution in [0, 0.1) is 11.2 Å². The average molecular weight is 636 g/mol. The Labute approximate surface area is 237 Å². The van der Waals surface area contributed by atoms with Crippen LogP contribution in [-0.4, -0.2) is 74.2 Å². The van der Waals surface area contributed by atoms with E-state index in [9.17, 15) is 33.2 Å². The first-order valence-corrected chi connectivity index (χ1v) is 15.0. The van der Waals surface area contributed by atoms with Gasteiger partial charge in [0.2, 0.25) is 5.82 Å². The number of rotatable bonds is 12. The van der Waals surface area contributed by atoms with Gasteiger partial charge in [-0.3, -0.25) is 33.0 Å². The molecule has 0 amide bonds. The predicted molar refractivity (Wildman–Crippen MR) is 141 cm³/mol. The summed E-state index contributed by atoms with van der Waals surface area (Å²) in [4.78, 5) is 49.4. The molecule has 13 nitrogen and oxygen atoms in total. The number of aliphatic hydroxyl groups excluding tert-OH is 1. The van der Waals surface area contributed by atoms with Gasteiger partial charge in [0, 0.05) is 11.2 Å². The molecule has 2 heterocycles. The second-order valence-corrected chi connectivity index (χ2v) is 13.6. The Morgan fingerprint density at radius 1 is 1.32 bits per heavy atom. The monoisotopic (exact) mass is 635 g/mol. The lowest BCUT2D eigenvalue weighted by Gasteiger charge is -2.25. The quantitative estimate of drug-likeness (QED) is 0.132. The number of hydrogen-bond donors (Lipinski definition) is 3. The summed E-state index contributed by atoms with van der Waals surface area (Å²) in [6.07, 6.45) is -6.13. The lowest BCUT2D eigenvalue weighted by atomic mass is 10.00. The second-order valence-electron chi connectivity index (χ2n) is 10.1. The van der Waals surface area contributed by atoms with Gasteiger partial charge in [-0.15, -0.1) is 0 Å². The second kappa shape index (κ2) is 13.6. The molecule has 1 fully saturated rings. The van der Waals surface area contributed by atoms with E-state index in [2.05, 4.69) is 5.09 Å². The molecule has 2 rings (SSSR count). The van der Waals surface area contributed by atoms with Crippen LogP contribution in [0.5, 0.6) is 0 Å². The number of aliphatic hydroxyl groups is 1. The summed E-state index contributed by atoms with van der Waals surface area (Å²) in [5.74, 6) is -2.17. The molecule has 1 aliphatic rings. The number of ether oxygens (including phenoxy) is 2. The number of hydrogen-bond acceptors (Lipinski definition) is 11. The number of alkyl halides is 2. The highest BCUT2D eigenvalue weighted by Crippen LogP contribution is 2.48. The Morgan fingerprint density at radius 2 is 1.95 bits per heavy atom. The number of nitrogens with zero attached hydrogens (tertiary/aromatic N) is 1. The van der Waals surface area contributed by atoms with E-state index in [4.69, 9.17) is 30.1 Å². The van der Waals surface area contributed by atoms with Crippen molar-refractivity contribution in [1.82, 2.24) is 14.6 Å². The zero-order valence-corrected chi connectivity index (χ0v) is 25.1. The number of aromatic amines is 1. The van der Waals surface area contributed by atoms with E-state index in [-0.39, 0.29) is 17.5 Å². The molecule has 0 aliphatic carbocycles. The van der Waals surface area contributed by atoms with Crippen molar-refractivity contribution in [1.29, 1.82) is 0 Å². The minimum atomic E-state index is -4.42. The standard InChI is InChI=1S/C22H33ClF2N3O10PS/c1-11(2)37-17(31)12(3)27-39(34,35-7-8-40-19(32)21(4,5)6)36-10-14-15(29)22(23,25)18(38-14)28-9-13(24)16(30)26-20(28)33/h9,11-12,14-15,18,29H,7-8,10H2,1-6H3,(H,27,34)(H,26,30,33). The van der Waals surface area contributed by atoms with Crippen LogP contribution >= 0.6 is 31.1 Å². The summed E-state index contributed by atoms with van der Waals surface area (Å²) >= 11 is 6.71. The van der Waals surface area contributed by atoms with Crippen LogP contribution in [-0.2, 0) is 32.7 Å². The molecule has 0 saturated carbocycles. The zero-order chi connectivity index (χ0) is 30.6. The van der Waals surface area contributed by atoms with E-state index >= 15 is 4.39 Å². The number of H-pyrrole nitrogens is 1. The van der Waals surface area contributed by atoms with Crippen LogP contribution in [0.1, 0.15) is 47.8 Å². The molecule has 0 spiro atoms. The maximum atomic E-state index is 15.2. The summed E-state index contributed by atoms with van der Waals surface area (Å²) in [6.45, 7) is 8.56. The van der Waals surface area contributed by atoms with Crippen molar-refractivity contribution in [3.8, 4) is 0 Å². The molecule has 228 valence electrons. The van der Waals surface area contributed by atoms with E-state index < -0.39 is 78.5 Å². The molecular weight excluding hydrogens is 603 g/mol. The molecule has 40 heavy (non-hydrogen) atoms.